The number of hydrogen-bond donors (Lipinski definition) is 14. The highest BCUT2D eigenvalue weighted by Gasteiger charge is 2.36. The highest BCUT2D eigenvalue weighted by Crippen LogP contribution is 2.15. The Labute approximate surface area is 494 Å². The lowest BCUT2D eigenvalue weighted by atomic mass is 9.97. The summed E-state index contributed by atoms with van der Waals surface area (Å²) in [4.78, 5) is 145. The fourth-order valence-corrected chi connectivity index (χ4v) is 9.04. The molecule has 0 fully saturated rings. The number of benzene rings is 1. The Bertz CT molecular complexity index is 2370. The number of carbonyl (C=O) groups excluding carboxylic acids is 10. The summed E-state index contributed by atoms with van der Waals surface area (Å²) in [6.07, 6.45) is 16.4. The third-order valence-electron chi connectivity index (χ3n) is 14.2. The molecule has 10 amide bonds. The molecule has 0 unspecified atom stereocenters. The van der Waals surface area contributed by atoms with Crippen molar-refractivity contribution in [2.24, 2.45) is 28.1 Å². The van der Waals surface area contributed by atoms with E-state index in [4.69, 9.17) is 17.2 Å². The normalized spacial score (nSPS) is 14.2. The predicted octanol–water partition coefficient (Wildman–Crippen LogP) is 0.698. The molecule has 0 aliphatic rings. The van der Waals surface area contributed by atoms with Crippen LogP contribution in [-0.2, 0) is 60.8 Å². The molecule has 0 bridgehead atoms. The Kier molecular flexibility index (Phi) is 35.7. The quantitative estimate of drug-likeness (QED) is 0.0247. The van der Waals surface area contributed by atoms with Gasteiger partial charge in [-0.15, -0.1) is 0 Å². The van der Waals surface area contributed by atoms with Crippen LogP contribution in [0.4, 0.5) is 0 Å². The number of unbranched alkanes of at least 4 members (excludes halogenated alkanes) is 12. The van der Waals surface area contributed by atoms with Crippen molar-refractivity contribution >= 4 is 65.0 Å². The van der Waals surface area contributed by atoms with Gasteiger partial charge in [-0.1, -0.05) is 135 Å². The van der Waals surface area contributed by atoms with Crippen LogP contribution in [0.3, 0.4) is 0 Å². The smallest absolute Gasteiger partial charge is 0.245 e. The highest BCUT2D eigenvalue weighted by atomic mass is 16.3. The van der Waals surface area contributed by atoms with Gasteiger partial charge in [-0.2, -0.15) is 0 Å². The summed E-state index contributed by atoms with van der Waals surface area (Å²) in [7, 11) is 1.41. The van der Waals surface area contributed by atoms with Crippen LogP contribution < -0.4 is 65.1 Å². The monoisotopic (exact) mass is 1180 g/mol. The SMILES string of the molecule is CCCCCCCCCCCCCCCC(=O)N[C@@H](CCC(N)=O)C(=O)N[C@H](C(=O)N[C@H](C(=O)N[C@@H](C)C(=O)NCC(=O)N[C@@H](Cc1cnc[nH]1)C(=O)N[C@@H](Cc1ccccc1)C(=O)N[C@@H](CCCN=C(N)N)C(=O)NC)[C@@H](C)CC)[C@@H](C)O. The van der Waals surface area contributed by atoms with Gasteiger partial charge in [0.1, 0.15) is 42.3 Å². The van der Waals surface area contributed by atoms with Crippen LogP contribution in [-0.4, -0.2) is 149 Å². The number of nitrogens with zero attached hydrogens (tertiary/aromatic N) is 2. The van der Waals surface area contributed by atoms with Crippen LogP contribution in [0.5, 0.6) is 0 Å². The lowest BCUT2D eigenvalue weighted by Gasteiger charge is -2.29. The van der Waals surface area contributed by atoms with E-state index in [9.17, 15) is 53.1 Å². The molecule has 1 aromatic heterocycles. The van der Waals surface area contributed by atoms with Gasteiger partial charge in [0.15, 0.2) is 5.96 Å². The van der Waals surface area contributed by atoms with Crippen molar-refractivity contribution < 1.29 is 53.1 Å². The molecule has 0 saturated heterocycles. The van der Waals surface area contributed by atoms with E-state index in [0.717, 1.165) is 25.7 Å². The van der Waals surface area contributed by atoms with Gasteiger partial charge in [0.05, 0.1) is 19.0 Å². The zero-order valence-electron chi connectivity index (χ0n) is 50.2. The fourth-order valence-electron chi connectivity index (χ4n) is 9.04. The second-order valence-electron chi connectivity index (χ2n) is 21.4. The molecule has 9 atom stereocenters. The molecule has 470 valence electrons. The van der Waals surface area contributed by atoms with Crippen LogP contribution in [0.1, 0.15) is 168 Å². The fraction of sp³-hybridized carbons (Fsp3) is 0.655. The Morgan fingerprint density at radius 2 is 1.11 bits per heavy atom. The van der Waals surface area contributed by atoms with Gasteiger partial charge in [-0.05, 0) is 51.0 Å². The first-order valence-corrected chi connectivity index (χ1v) is 29.7. The number of nitrogens with two attached hydrogens (primary N) is 3. The maximum absolute atomic E-state index is 14.1. The topological polar surface area (TPSA) is 418 Å². The van der Waals surface area contributed by atoms with Gasteiger partial charge in [0, 0.05) is 51.2 Å². The van der Waals surface area contributed by atoms with Crippen molar-refractivity contribution in [1.82, 2.24) is 57.8 Å². The van der Waals surface area contributed by atoms with Crippen LogP contribution >= 0.6 is 0 Å². The van der Waals surface area contributed by atoms with E-state index in [1.807, 2.05) is 0 Å². The van der Waals surface area contributed by atoms with Crippen molar-refractivity contribution in [3.05, 3.63) is 54.1 Å². The van der Waals surface area contributed by atoms with Gasteiger partial charge >= 0.3 is 0 Å². The maximum atomic E-state index is 14.1. The van der Waals surface area contributed by atoms with Crippen LogP contribution in [0.15, 0.2) is 47.8 Å². The van der Waals surface area contributed by atoms with E-state index in [-0.39, 0.29) is 51.0 Å². The second-order valence-corrected chi connectivity index (χ2v) is 21.4. The third kappa shape index (κ3) is 30.1. The first-order valence-electron chi connectivity index (χ1n) is 29.7. The molecule has 0 saturated carbocycles. The first kappa shape index (κ1) is 72.5. The van der Waals surface area contributed by atoms with E-state index in [0.29, 0.717) is 30.5 Å². The number of aromatic nitrogens is 2. The van der Waals surface area contributed by atoms with E-state index in [2.05, 4.69) is 69.7 Å². The molecule has 1 heterocycles. The van der Waals surface area contributed by atoms with Crippen molar-refractivity contribution in [2.45, 2.75) is 218 Å². The third-order valence-corrected chi connectivity index (χ3v) is 14.2. The number of amides is 10. The number of hydrogen-bond acceptors (Lipinski definition) is 13. The summed E-state index contributed by atoms with van der Waals surface area (Å²) >= 11 is 0. The second kappa shape index (κ2) is 41.4. The molecule has 0 radical (unpaired) electrons. The molecule has 0 aliphatic heterocycles. The number of nitrogens with one attached hydrogen (secondary N) is 10. The Morgan fingerprint density at radius 3 is 1.65 bits per heavy atom. The summed E-state index contributed by atoms with van der Waals surface area (Å²) in [5, 5.41) is 33.9. The van der Waals surface area contributed by atoms with Crippen molar-refractivity contribution in [2.75, 3.05) is 20.1 Å². The Morgan fingerprint density at radius 1 is 0.571 bits per heavy atom. The van der Waals surface area contributed by atoms with Crippen LogP contribution in [0, 0.1) is 5.92 Å². The molecule has 1 aromatic carbocycles. The van der Waals surface area contributed by atoms with E-state index < -0.39 is 120 Å². The minimum Gasteiger partial charge on any atom is -0.391 e. The highest BCUT2D eigenvalue weighted by molar-refractivity contribution is 5.98. The Balaban J connectivity index is 2.10. The number of H-pyrrole nitrogens is 1. The molecule has 0 spiro atoms. The lowest BCUT2D eigenvalue weighted by Crippen LogP contribution is -2.61. The summed E-state index contributed by atoms with van der Waals surface area (Å²) < 4.78 is 0. The number of aromatic amines is 1. The average Bonchev–Trinajstić information content (AvgIpc) is 4.15. The van der Waals surface area contributed by atoms with E-state index in [1.54, 1.807) is 44.2 Å². The summed E-state index contributed by atoms with van der Waals surface area (Å²) in [6.45, 7) is 7.74. The lowest BCUT2D eigenvalue weighted by molar-refractivity contribution is -0.137. The van der Waals surface area contributed by atoms with Crippen molar-refractivity contribution in [1.29, 1.82) is 0 Å². The number of primary amides is 1. The van der Waals surface area contributed by atoms with Crippen LogP contribution in [0.25, 0.3) is 0 Å². The number of aliphatic imine (C=N–C) groups is 1. The average molecular weight is 1180 g/mol. The number of rotatable bonds is 44. The minimum atomic E-state index is -1.63. The molecule has 2 aromatic rings. The number of likely N-dealkylation sites (N-methyl/N-ethyl adjacent to an activating group) is 1. The first-order chi connectivity index (χ1) is 40.1. The largest absolute Gasteiger partial charge is 0.391 e. The van der Waals surface area contributed by atoms with Gasteiger partial charge in [0.2, 0.25) is 59.1 Å². The van der Waals surface area contributed by atoms with Gasteiger partial charge in [-0.3, -0.25) is 52.9 Å². The molecule has 84 heavy (non-hydrogen) atoms. The number of imidazole rings is 1. The number of aliphatic hydroxyl groups is 1. The predicted molar refractivity (Wildman–Crippen MR) is 318 cm³/mol. The number of guanidine groups is 1. The summed E-state index contributed by atoms with van der Waals surface area (Å²) in [6, 6.07) is -0.298. The minimum absolute atomic E-state index is 0.00281. The summed E-state index contributed by atoms with van der Waals surface area (Å²) in [5.41, 5.74) is 17.4. The summed E-state index contributed by atoms with van der Waals surface area (Å²) in [5.74, 6) is -8.07. The molecule has 17 N–H and O–H groups in total. The molecular weight excluding hydrogens is 1080 g/mol. The molecule has 26 nitrogen and oxygen atoms in total. The zero-order valence-corrected chi connectivity index (χ0v) is 50.2. The molecule has 0 aliphatic carbocycles. The molecule has 2 rings (SSSR count). The van der Waals surface area contributed by atoms with Crippen LogP contribution in [0.2, 0.25) is 0 Å². The molecular formula is C58H97N15O11. The van der Waals surface area contributed by atoms with Crippen molar-refractivity contribution in [3.63, 3.8) is 0 Å². The zero-order chi connectivity index (χ0) is 62.4. The standard InChI is InChI=1S/C58H97N15O11/c1-7-9-10-11-12-13-14-15-16-17-18-19-23-28-47(76)68-43(29-30-46(59)75)53(80)73-50(39(5)74)57(84)72-49(37(3)8-2)56(83)67-38(4)51(78)65-35-48(77)69-45(33-41-34-63-36-66-41)55(82)71-44(32-40-25-21-20-22-26-40)54(81)70-42(52(79)62-6)27-24-31-64-58(60)61/h20-22,25-26,34,36-39,42-45,49-50,74H,7-19,23-24,27-33,35H2,1-6H3,(H2,59,75)(H,62,79)(H,63,66)(H,65,78)(H,67,83)(H,68,76)(H,69,77)(H,70,81)(H,71,82)(H,72,84)(H,73,80)(H4,60,61,64)/t37-,38-,39+,42-,43-,44-,45-,49-,50-/m0/s1. The molecule has 26 heteroatoms. The Hall–Kier alpha value is -7.64. The van der Waals surface area contributed by atoms with E-state index in [1.165, 1.54) is 84.8 Å². The van der Waals surface area contributed by atoms with Crippen molar-refractivity contribution in [3.8, 4) is 0 Å². The maximum Gasteiger partial charge on any atom is 0.245 e. The number of carbonyl (C=O) groups is 10. The van der Waals surface area contributed by atoms with Gasteiger partial charge < -0.3 is 75.1 Å². The number of aliphatic hydroxyl groups excluding tert-OH is 1. The van der Waals surface area contributed by atoms with E-state index >= 15 is 0 Å². The van der Waals surface area contributed by atoms with Gasteiger partial charge in [0.25, 0.3) is 0 Å². The van der Waals surface area contributed by atoms with Gasteiger partial charge in [-0.25, -0.2) is 4.98 Å².